The zero-order valence-corrected chi connectivity index (χ0v) is 20.1. The highest BCUT2D eigenvalue weighted by molar-refractivity contribution is 8.00. The van der Waals surface area contributed by atoms with Crippen molar-refractivity contribution in [1.82, 2.24) is 0 Å². The summed E-state index contributed by atoms with van der Waals surface area (Å²) in [6, 6.07) is 42.0. The molecule has 1 heteroatoms. The van der Waals surface area contributed by atoms with Gasteiger partial charge in [0.15, 0.2) is 0 Å². The lowest BCUT2D eigenvalue weighted by Gasteiger charge is -2.35. The van der Waals surface area contributed by atoms with Crippen LogP contribution in [0.2, 0.25) is 0 Å². The Kier molecular flexibility index (Phi) is 6.86. The number of thioether (sulfide) groups is 1. The van der Waals surface area contributed by atoms with Gasteiger partial charge in [-0.15, -0.1) is 11.8 Å². The molecule has 0 unspecified atom stereocenters. The third-order valence-electron chi connectivity index (χ3n) is 6.04. The van der Waals surface area contributed by atoms with Crippen molar-refractivity contribution < 1.29 is 0 Å². The Bertz CT molecular complexity index is 1010. The smallest absolute Gasteiger partial charge is 0.0907 e. The first-order valence-corrected chi connectivity index (χ1v) is 12.4. The Morgan fingerprint density at radius 1 is 0.531 bits per heavy atom. The molecule has 0 aromatic heterocycles. The number of aryl methyl sites for hydroxylation is 1. The minimum atomic E-state index is -0.245. The first-order chi connectivity index (χ1) is 15.5. The highest BCUT2D eigenvalue weighted by atomic mass is 32.2. The Morgan fingerprint density at radius 3 is 1.41 bits per heavy atom. The molecule has 4 rings (SSSR count). The number of hydrogen-bond acceptors (Lipinski definition) is 1. The SMILES string of the molecule is CC(C)(C)c1cccc(CCSC(c2ccccc2)(c2ccccc2)c2ccccc2)c1. The summed E-state index contributed by atoms with van der Waals surface area (Å²) in [5.74, 6) is 1.03. The molecule has 0 nitrogen and oxygen atoms in total. The Balaban J connectivity index is 1.72. The van der Waals surface area contributed by atoms with E-state index in [9.17, 15) is 0 Å². The lowest BCUT2D eigenvalue weighted by Crippen LogP contribution is -2.26. The lowest BCUT2D eigenvalue weighted by molar-refractivity contribution is 0.589. The molecule has 0 aliphatic carbocycles. The highest BCUT2D eigenvalue weighted by Gasteiger charge is 2.36. The summed E-state index contributed by atoms with van der Waals surface area (Å²) in [5, 5.41) is 0. The normalized spacial score (nSPS) is 12.0. The van der Waals surface area contributed by atoms with Gasteiger partial charge in [-0.25, -0.2) is 0 Å². The number of benzene rings is 4. The molecule has 0 aliphatic rings. The third kappa shape index (κ3) is 4.84. The monoisotopic (exact) mass is 436 g/mol. The standard InChI is InChI=1S/C31H32S/c1-30(2,3)29-21-13-14-25(24-29)22-23-32-31(26-15-7-4-8-16-26,27-17-9-5-10-18-27)28-19-11-6-12-20-28/h4-21,24H,22-23H2,1-3H3. The van der Waals surface area contributed by atoms with Crippen LogP contribution in [0.25, 0.3) is 0 Å². The first-order valence-electron chi connectivity index (χ1n) is 11.4. The largest absolute Gasteiger partial charge is 0.140 e. The molecule has 162 valence electrons. The van der Waals surface area contributed by atoms with Crippen LogP contribution in [0.5, 0.6) is 0 Å². The van der Waals surface area contributed by atoms with E-state index >= 15 is 0 Å². The molecule has 4 aromatic carbocycles. The van der Waals surface area contributed by atoms with E-state index in [1.165, 1.54) is 27.8 Å². The van der Waals surface area contributed by atoms with E-state index in [0.717, 1.165) is 12.2 Å². The van der Waals surface area contributed by atoms with E-state index in [0.29, 0.717) is 0 Å². The van der Waals surface area contributed by atoms with E-state index in [1.807, 2.05) is 11.8 Å². The molecule has 0 aliphatic heterocycles. The topological polar surface area (TPSA) is 0 Å². The molecule has 32 heavy (non-hydrogen) atoms. The van der Waals surface area contributed by atoms with Crippen molar-refractivity contribution >= 4 is 11.8 Å². The van der Waals surface area contributed by atoms with Gasteiger partial charge in [-0.2, -0.15) is 0 Å². The van der Waals surface area contributed by atoms with Gasteiger partial charge in [0.2, 0.25) is 0 Å². The zero-order chi connectivity index (χ0) is 22.4. The van der Waals surface area contributed by atoms with E-state index < -0.39 is 0 Å². The van der Waals surface area contributed by atoms with E-state index in [4.69, 9.17) is 0 Å². The van der Waals surface area contributed by atoms with Gasteiger partial charge in [-0.1, -0.05) is 136 Å². The molecule has 0 amide bonds. The van der Waals surface area contributed by atoms with E-state index in [1.54, 1.807) is 0 Å². The Hall–Kier alpha value is -2.77. The van der Waals surface area contributed by atoms with Crippen LogP contribution < -0.4 is 0 Å². The maximum absolute atomic E-state index is 2.38. The van der Waals surface area contributed by atoms with Gasteiger partial charge in [0.05, 0.1) is 4.75 Å². The highest BCUT2D eigenvalue weighted by Crippen LogP contribution is 2.48. The molecule has 0 saturated heterocycles. The second-order valence-electron chi connectivity index (χ2n) is 9.33. The van der Waals surface area contributed by atoms with Gasteiger partial charge in [0.1, 0.15) is 0 Å². The first kappa shape index (κ1) is 22.4. The van der Waals surface area contributed by atoms with Crippen molar-refractivity contribution in [1.29, 1.82) is 0 Å². The second-order valence-corrected chi connectivity index (χ2v) is 10.6. The maximum atomic E-state index is 2.38. The van der Waals surface area contributed by atoms with Crippen molar-refractivity contribution in [2.24, 2.45) is 0 Å². The molecule has 0 fully saturated rings. The third-order valence-corrected chi connectivity index (χ3v) is 7.59. The second kappa shape index (κ2) is 9.79. The van der Waals surface area contributed by atoms with Crippen molar-refractivity contribution in [2.75, 3.05) is 5.75 Å². The average molecular weight is 437 g/mol. The average Bonchev–Trinajstić information content (AvgIpc) is 2.83. The van der Waals surface area contributed by atoms with Gasteiger partial charge < -0.3 is 0 Å². The summed E-state index contributed by atoms with van der Waals surface area (Å²) >= 11 is 2.04. The van der Waals surface area contributed by atoms with Crippen LogP contribution in [-0.4, -0.2) is 5.75 Å². The van der Waals surface area contributed by atoms with Gasteiger partial charge in [0.25, 0.3) is 0 Å². The molecular formula is C31H32S. The summed E-state index contributed by atoms with van der Waals surface area (Å²) in [4.78, 5) is 0. The Labute approximate surface area is 197 Å². The van der Waals surface area contributed by atoms with Crippen LogP contribution in [0, 0.1) is 0 Å². The predicted octanol–water partition coefficient (Wildman–Crippen LogP) is 8.25. The molecule has 0 heterocycles. The molecule has 0 N–H and O–H groups in total. The van der Waals surface area contributed by atoms with Crippen LogP contribution in [-0.2, 0) is 16.6 Å². The predicted molar refractivity (Wildman–Crippen MR) is 141 cm³/mol. The molecular weight excluding hydrogens is 404 g/mol. The Morgan fingerprint density at radius 2 is 0.969 bits per heavy atom. The van der Waals surface area contributed by atoms with Crippen LogP contribution in [0.3, 0.4) is 0 Å². The molecule has 0 atom stereocenters. The summed E-state index contributed by atoms with van der Waals surface area (Å²) in [5.41, 5.74) is 6.96. The maximum Gasteiger partial charge on any atom is 0.0907 e. The van der Waals surface area contributed by atoms with Crippen LogP contribution in [0.1, 0.15) is 48.6 Å². The zero-order valence-electron chi connectivity index (χ0n) is 19.3. The molecule has 0 bridgehead atoms. The van der Waals surface area contributed by atoms with Crippen molar-refractivity contribution in [2.45, 2.75) is 37.4 Å². The minimum Gasteiger partial charge on any atom is -0.140 e. The molecule has 0 radical (unpaired) electrons. The molecule has 0 spiro atoms. The van der Waals surface area contributed by atoms with Gasteiger partial charge in [-0.3, -0.25) is 0 Å². The van der Waals surface area contributed by atoms with Crippen LogP contribution in [0.15, 0.2) is 115 Å². The van der Waals surface area contributed by atoms with Gasteiger partial charge >= 0.3 is 0 Å². The van der Waals surface area contributed by atoms with E-state index in [2.05, 4.69) is 136 Å². The lowest BCUT2D eigenvalue weighted by atomic mass is 9.84. The summed E-state index contributed by atoms with van der Waals surface area (Å²) in [6.07, 6.45) is 1.04. The summed E-state index contributed by atoms with van der Waals surface area (Å²) in [6.45, 7) is 6.85. The number of hydrogen-bond donors (Lipinski definition) is 0. The van der Waals surface area contributed by atoms with E-state index in [-0.39, 0.29) is 10.2 Å². The fraction of sp³-hybridized carbons (Fsp3) is 0.226. The van der Waals surface area contributed by atoms with Crippen molar-refractivity contribution in [3.8, 4) is 0 Å². The quantitative estimate of drug-likeness (QED) is 0.263. The van der Waals surface area contributed by atoms with Gasteiger partial charge in [-0.05, 0) is 45.4 Å². The van der Waals surface area contributed by atoms with Crippen molar-refractivity contribution in [3.63, 3.8) is 0 Å². The van der Waals surface area contributed by atoms with Gasteiger partial charge in [0, 0.05) is 0 Å². The van der Waals surface area contributed by atoms with Crippen LogP contribution in [0.4, 0.5) is 0 Å². The molecule has 0 saturated carbocycles. The van der Waals surface area contributed by atoms with Crippen LogP contribution >= 0.6 is 11.8 Å². The fourth-order valence-electron chi connectivity index (χ4n) is 4.28. The summed E-state index contributed by atoms with van der Waals surface area (Å²) < 4.78 is -0.245. The summed E-state index contributed by atoms with van der Waals surface area (Å²) in [7, 11) is 0. The molecule has 4 aromatic rings. The number of rotatable bonds is 7. The van der Waals surface area contributed by atoms with Crippen molar-refractivity contribution in [3.05, 3.63) is 143 Å². The fourth-order valence-corrected chi connectivity index (χ4v) is 5.84. The minimum absolute atomic E-state index is 0.172.